The Morgan fingerprint density at radius 2 is 2.05 bits per heavy atom. The number of rotatable bonds is 2. The van der Waals surface area contributed by atoms with Gasteiger partial charge in [0, 0.05) is 30.0 Å². The third kappa shape index (κ3) is 1.91. The van der Waals surface area contributed by atoms with Gasteiger partial charge in [-0.25, -0.2) is 0 Å². The molecular weight excluding hydrogens is 274 g/mol. The molecule has 124 valence electrons. The van der Waals surface area contributed by atoms with Crippen molar-refractivity contribution in [2.75, 3.05) is 13.1 Å². The molecule has 3 fully saturated rings. The summed E-state index contributed by atoms with van der Waals surface area (Å²) in [4.78, 5) is 2.61. The first kappa shape index (κ1) is 15.2. The molecule has 3 nitrogen and oxygen atoms in total. The van der Waals surface area contributed by atoms with Crippen LogP contribution >= 0.6 is 0 Å². The van der Waals surface area contributed by atoms with E-state index in [2.05, 4.69) is 44.7 Å². The lowest BCUT2D eigenvalue weighted by molar-refractivity contribution is -0.0506. The summed E-state index contributed by atoms with van der Waals surface area (Å²) >= 11 is 0. The van der Waals surface area contributed by atoms with Crippen molar-refractivity contribution >= 4 is 0 Å². The Bertz CT molecular complexity index is 502. The van der Waals surface area contributed by atoms with Gasteiger partial charge in [-0.2, -0.15) is 0 Å². The Morgan fingerprint density at radius 3 is 2.68 bits per heavy atom. The predicted molar refractivity (Wildman–Crippen MR) is 87.6 cm³/mol. The van der Waals surface area contributed by atoms with Crippen molar-refractivity contribution in [3.05, 3.63) is 12.2 Å². The van der Waals surface area contributed by atoms with Crippen LogP contribution < -0.4 is 0 Å². The minimum atomic E-state index is -0.155. The molecule has 2 bridgehead atoms. The molecule has 1 N–H and O–H groups in total. The van der Waals surface area contributed by atoms with Crippen molar-refractivity contribution < 1.29 is 9.84 Å². The van der Waals surface area contributed by atoms with Crippen LogP contribution in [0.2, 0.25) is 0 Å². The van der Waals surface area contributed by atoms with Crippen molar-refractivity contribution in [3.8, 4) is 0 Å². The van der Waals surface area contributed by atoms with Crippen LogP contribution in [0.1, 0.15) is 53.4 Å². The minimum Gasteiger partial charge on any atom is -0.393 e. The van der Waals surface area contributed by atoms with E-state index in [9.17, 15) is 5.11 Å². The predicted octanol–water partition coefficient (Wildman–Crippen LogP) is 2.98. The second-order valence-electron chi connectivity index (χ2n) is 9.27. The van der Waals surface area contributed by atoms with Crippen molar-refractivity contribution in [2.45, 2.75) is 76.7 Å². The highest BCUT2D eigenvalue weighted by Gasteiger charge is 2.65. The fraction of sp³-hybridized carbons (Fsp3) is 0.895. The smallest absolute Gasteiger partial charge is 0.106 e. The summed E-state index contributed by atoms with van der Waals surface area (Å²) in [5.74, 6) is 1.04. The number of aliphatic hydroxyl groups excluding tert-OH is 1. The number of aliphatic hydroxyl groups is 1. The zero-order valence-electron chi connectivity index (χ0n) is 14.5. The van der Waals surface area contributed by atoms with Gasteiger partial charge in [0.05, 0.1) is 12.2 Å². The molecule has 22 heavy (non-hydrogen) atoms. The van der Waals surface area contributed by atoms with Gasteiger partial charge in [-0.1, -0.05) is 32.4 Å². The Kier molecular flexibility index (Phi) is 3.16. The number of nitrogens with zero attached hydrogens (tertiary/aromatic N) is 1. The van der Waals surface area contributed by atoms with E-state index in [4.69, 9.17) is 4.74 Å². The monoisotopic (exact) mass is 305 g/mol. The van der Waals surface area contributed by atoms with Crippen LogP contribution in [0, 0.1) is 17.3 Å². The molecule has 4 rings (SSSR count). The van der Waals surface area contributed by atoms with E-state index in [0.717, 1.165) is 32.4 Å². The van der Waals surface area contributed by atoms with E-state index in [1.54, 1.807) is 0 Å². The van der Waals surface area contributed by atoms with E-state index in [0.29, 0.717) is 17.9 Å². The summed E-state index contributed by atoms with van der Waals surface area (Å²) in [5.41, 5.74) is 0.218. The summed E-state index contributed by atoms with van der Waals surface area (Å²) in [7, 11) is 0. The topological polar surface area (TPSA) is 32.7 Å². The molecule has 3 heterocycles. The highest BCUT2D eigenvalue weighted by Crippen LogP contribution is 2.58. The normalized spacial score (nSPS) is 51.5. The van der Waals surface area contributed by atoms with Gasteiger partial charge in [0.2, 0.25) is 0 Å². The molecule has 1 saturated carbocycles. The van der Waals surface area contributed by atoms with Crippen molar-refractivity contribution in [1.29, 1.82) is 0 Å². The van der Waals surface area contributed by atoms with Crippen LogP contribution in [0.4, 0.5) is 0 Å². The standard InChI is InChI=1S/C19H31NO2/c1-13-5-6-15(16(21)9-13)17(2,3)20-11-18(4)10-14-7-8-19(18,12-20)22-14/h7-8,13-16,21H,5-6,9-12H2,1-4H3/t13-,14-,15-,16-,18+,19-/m1/s1. The van der Waals surface area contributed by atoms with E-state index in [1.165, 1.54) is 6.42 Å². The maximum atomic E-state index is 10.7. The summed E-state index contributed by atoms with van der Waals surface area (Å²) < 4.78 is 6.33. The van der Waals surface area contributed by atoms with E-state index < -0.39 is 0 Å². The summed E-state index contributed by atoms with van der Waals surface area (Å²) in [6.07, 6.45) is 9.29. The van der Waals surface area contributed by atoms with E-state index >= 15 is 0 Å². The average Bonchev–Trinajstić information content (AvgIpc) is 3.01. The Labute approximate surface area is 134 Å². The molecule has 2 saturated heterocycles. The van der Waals surface area contributed by atoms with Gasteiger partial charge in [-0.15, -0.1) is 0 Å². The lowest BCUT2D eigenvalue weighted by Crippen LogP contribution is -2.54. The molecule has 0 amide bonds. The van der Waals surface area contributed by atoms with Crippen molar-refractivity contribution in [1.82, 2.24) is 4.90 Å². The molecule has 6 atom stereocenters. The van der Waals surface area contributed by atoms with Gasteiger partial charge in [-0.3, -0.25) is 4.90 Å². The Morgan fingerprint density at radius 1 is 1.27 bits per heavy atom. The fourth-order valence-corrected chi connectivity index (χ4v) is 5.74. The van der Waals surface area contributed by atoms with Gasteiger partial charge in [0.1, 0.15) is 5.60 Å². The van der Waals surface area contributed by atoms with E-state index in [-0.39, 0.29) is 22.7 Å². The van der Waals surface area contributed by atoms with E-state index in [1.807, 2.05) is 0 Å². The number of likely N-dealkylation sites (tertiary alicyclic amines) is 1. The quantitative estimate of drug-likeness (QED) is 0.796. The molecule has 0 aromatic heterocycles. The number of hydrogen-bond donors (Lipinski definition) is 1. The van der Waals surface area contributed by atoms with Gasteiger partial charge in [-0.05, 0) is 39.0 Å². The van der Waals surface area contributed by atoms with Crippen molar-refractivity contribution in [2.24, 2.45) is 17.3 Å². The Balaban J connectivity index is 1.56. The fourth-order valence-electron chi connectivity index (χ4n) is 5.74. The maximum absolute atomic E-state index is 10.7. The largest absolute Gasteiger partial charge is 0.393 e. The molecule has 3 aliphatic heterocycles. The number of ether oxygens (including phenoxy) is 1. The van der Waals surface area contributed by atoms with Gasteiger partial charge in [0.25, 0.3) is 0 Å². The summed E-state index contributed by atoms with van der Waals surface area (Å²) in [5, 5.41) is 10.7. The third-order valence-electron chi connectivity index (χ3n) is 7.38. The summed E-state index contributed by atoms with van der Waals surface area (Å²) in [6, 6.07) is 0. The third-order valence-corrected chi connectivity index (χ3v) is 7.38. The highest BCUT2D eigenvalue weighted by atomic mass is 16.5. The van der Waals surface area contributed by atoms with Crippen LogP contribution in [0.3, 0.4) is 0 Å². The average molecular weight is 305 g/mol. The van der Waals surface area contributed by atoms with Crippen LogP contribution in [-0.2, 0) is 4.74 Å². The SMILES string of the molecule is C[C@@H]1CC[C@@H](C(C)(C)N2C[C@]3(C)C[C@H]4C=C[C@]3(C2)O4)[C@H](O)C1. The molecule has 3 heteroatoms. The van der Waals surface area contributed by atoms with Crippen LogP contribution in [-0.4, -0.2) is 46.4 Å². The van der Waals surface area contributed by atoms with Gasteiger partial charge in [0.15, 0.2) is 0 Å². The number of hydrogen-bond acceptors (Lipinski definition) is 3. The van der Waals surface area contributed by atoms with Crippen LogP contribution in [0.25, 0.3) is 0 Å². The first-order valence-corrected chi connectivity index (χ1v) is 9.06. The van der Waals surface area contributed by atoms with Crippen LogP contribution in [0.5, 0.6) is 0 Å². The molecule has 0 aromatic carbocycles. The second kappa shape index (κ2) is 4.58. The maximum Gasteiger partial charge on any atom is 0.106 e. The summed E-state index contributed by atoms with van der Waals surface area (Å²) in [6.45, 7) is 11.4. The van der Waals surface area contributed by atoms with Crippen molar-refractivity contribution in [3.63, 3.8) is 0 Å². The molecule has 0 unspecified atom stereocenters. The molecule has 1 aliphatic carbocycles. The lowest BCUT2D eigenvalue weighted by Gasteiger charge is -2.47. The van der Waals surface area contributed by atoms with Crippen LogP contribution in [0.15, 0.2) is 12.2 Å². The molecule has 4 aliphatic rings. The first-order valence-electron chi connectivity index (χ1n) is 9.06. The Hall–Kier alpha value is -0.380. The zero-order chi connectivity index (χ0) is 15.8. The number of fused-ring (bicyclic) bond motifs is 1. The first-order chi connectivity index (χ1) is 10.3. The molecule has 1 spiro atoms. The lowest BCUT2D eigenvalue weighted by atomic mass is 9.71. The zero-order valence-corrected chi connectivity index (χ0v) is 14.5. The second-order valence-corrected chi connectivity index (χ2v) is 9.27. The molecule has 0 radical (unpaired) electrons. The minimum absolute atomic E-state index is 0.0386. The van der Waals surface area contributed by atoms with Gasteiger partial charge < -0.3 is 9.84 Å². The van der Waals surface area contributed by atoms with Gasteiger partial charge >= 0.3 is 0 Å². The molecular formula is C19H31NO2. The highest BCUT2D eigenvalue weighted by molar-refractivity contribution is 5.29. The molecule has 0 aromatic rings.